The quantitative estimate of drug-likeness (QED) is 0.104. The Balaban J connectivity index is 1.35. The summed E-state index contributed by atoms with van der Waals surface area (Å²) in [6.07, 6.45) is 0.800. The molecule has 1 amide bonds. The first-order chi connectivity index (χ1) is 20.1. The number of esters is 1. The van der Waals surface area contributed by atoms with Gasteiger partial charge in [-0.1, -0.05) is 6.07 Å². The lowest BCUT2D eigenvalue weighted by Crippen LogP contribution is -2.20. The van der Waals surface area contributed by atoms with E-state index in [4.69, 9.17) is 18.6 Å². The molecule has 2 heterocycles. The molecule has 0 saturated heterocycles. The highest BCUT2D eigenvalue weighted by atomic mass is 16.6. The molecular formula is C30H30N4O8. The van der Waals surface area contributed by atoms with E-state index in [1.165, 1.54) is 30.5 Å². The first kappa shape index (κ1) is 29.6. The number of furan rings is 1. The molecule has 4 aromatic rings. The fourth-order valence-electron chi connectivity index (χ4n) is 4.09. The number of para-hydroxylation sites is 1. The molecule has 0 saturated carbocycles. The van der Waals surface area contributed by atoms with Crippen LogP contribution in [0.4, 0.5) is 5.69 Å². The number of amides is 1. The Kier molecular flexibility index (Phi) is 9.38. The van der Waals surface area contributed by atoms with Crippen LogP contribution in [0.5, 0.6) is 11.5 Å². The average Bonchev–Trinajstić information content (AvgIpc) is 3.57. The third-order valence-electron chi connectivity index (χ3n) is 5.93. The van der Waals surface area contributed by atoms with Crippen molar-refractivity contribution in [3.63, 3.8) is 0 Å². The minimum Gasteiger partial charge on any atom is -0.486 e. The van der Waals surface area contributed by atoms with Gasteiger partial charge in [0.1, 0.15) is 18.1 Å². The number of nitrogens with zero attached hydrogens (tertiary/aromatic N) is 3. The number of hydrazone groups is 1. The van der Waals surface area contributed by atoms with Crippen molar-refractivity contribution >= 4 is 23.8 Å². The molecule has 0 radical (unpaired) electrons. The van der Waals surface area contributed by atoms with E-state index in [1.807, 2.05) is 38.1 Å². The first-order valence-corrected chi connectivity index (χ1v) is 13.0. The molecule has 12 nitrogen and oxygen atoms in total. The van der Waals surface area contributed by atoms with Crippen molar-refractivity contribution in [2.75, 3.05) is 6.61 Å². The van der Waals surface area contributed by atoms with Crippen LogP contribution in [0.15, 0.2) is 76.2 Å². The molecule has 0 spiro atoms. The van der Waals surface area contributed by atoms with Gasteiger partial charge in [0.2, 0.25) is 5.75 Å². The Morgan fingerprint density at radius 3 is 2.40 bits per heavy atom. The maximum atomic E-state index is 12.5. The summed E-state index contributed by atoms with van der Waals surface area (Å²) in [5, 5.41) is 15.3. The Morgan fingerprint density at radius 1 is 1.02 bits per heavy atom. The van der Waals surface area contributed by atoms with E-state index < -0.39 is 23.4 Å². The summed E-state index contributed by atoms with van der Waals surface area (Å²) in [6.45, 7) is 6.99. The van der Waals surface area contributed by atoms with Crippen molar-refractivity contribution in [2.45, 2.75) is 40.4 Å². The van der Waals surface area contributed by atoms with Crippen LogP contribution in [-0.4, -0.2) is 40.3 Å². The highest BCUT2D eigenvalue weighted by molar-refractivity contribution is 5.93. The maximum Gasteiger partial charge on any atom is 0.344 e. The van der Waals surface area contributed by atoms with Gasteiger partial charge in [0, 0.05) is 28.7 Å². The van der Waals surface area contributed by atoms with Gasteiger partial charge in [0.25, 0.3) is 0 Å². The molecular weight excluding hydrogens is 544 g/mol. The van der Waals surface area contributed by atoms with Crippen molar-refractivity contribution in [1.82, 2.24) is 9.99 Å². The predicted octanol–water partition coefficient (Wildman–Crippen LogP) is 5.27. The number of hydrogen-bond acceptors (Lipinski definition) is 9. The fraction of sp³-hybridized carbons (Fsp3) is 0.233. The summed E-state index contributed by atoms with van der Waals surface area (Å²) in [6, 6.07) is 19.0. The van der Waals surface area contributed by atoms with Crippen LogP contribution in [0, 0.1) is 24.0 Å². The predicted molar refractivity (Wildman–Crippen MR) is 153 cm³/mol. The van der Waals surface area contributed by atoms with Gasteiger partial charge in [-0.3, -0.25) is 14.9 Å². The lowest BCUT2D eigenvalue weighted by Gasteiger charge is -2.11. The zero-order chi connectivity index (χ0) is 30.2. The summed E-state index contributed by atoms with van der Waals surface area (Å²) < 4.78 is 23.9. The lowest BCUT2D eigenvalue weighted by molar-refractivity contribution is -0.385. The van der Waals surface area contributed by atoms with Gasteiger partial charge < -0.3 is 23.2 Å². The van der Waals surface area contributed by atoms with Gasteiger partial charge in [0.05, 0.1) is 17.2 Å². The number of carbonyl (C=O) groups is 2. The number of nitro benzene ring substituents is 1. The van der Waals surface area contributed by atoms with Crippen LogP contribution in [-0.2, 0) is 16.1 Å². The molecule has 0 aliphatic carbocycles. The van der Waals surface area contributed by atoms with Crippen LogP contribution >= 0.6 is 0 Å². The normalized spacial score (nSPS) is 11.1. The van der Waals surface area contributed by atoms with Gasteiger partial charge in [-0.25, -0.2) is 10.2 Å². The minimum absolute atomic E-state index is 0.00778. The molecule has 0 bridgehead atoms. The molecule has 0 unspecified atom stereocenters. The third kappa shape index (κ3) is 7.42. The lowest BCUT2D eigenvalue weighted by atomic mass is 10.2. The van der Waals surface area contributed by atoms with Gasteiger partial charge in [-0.2, -0.15) is 5.10 Å². The van der Waals surface area contributed by atoms with E-state index in [0.29, 0.717) is 11.5 Å². The molecule has 0 aliphatic heterocycles. The van der Waals surface area contributed by atoms with E-state index in [0.717, 1.165) is 17.1 Å². The van der Waals surface area contributed by atoms with E-state index in [1.54, 1.807) is 19.9 Å². The zero-order valence-corrected chi connectivity index (χ0v) is 23.5. The third-order valence-corrected chi connectivity index (χ3v) is 5.93. The van der Waals surface area contributed by atoms with Gasteiger partial charge >= 0.3 is 17.6 Å². The van der Waals surface area contributed by atoms with Crippen LogP contribution in [0.25, 0.3) is 5.69 Å². The van der Waals surface area contributed by atoms with Crippen molar-refractivity contribution in [3.8, 4) is 17.2 Å². The second-order valence-electron chi connectivity index (χ2n) is 9.48. The maximum absolute atomic E-state index is 12.5. The standard InChI is InChI=1S/C30H30N4O8/c1-19(2)41-28(35)18-40-29-22(6-5-7-26(29)34(37)38)16-31-32-30(36)27-15-14-25(42-27)17-39-24-12-10-23(11-13-24)33-20(3)8-9-21(33)4/h5-16,19H,17-18H2,1-4H3,(H,32,36)/b31-16+. The van der Waals surface area contributed by atoms with E-state index in [-0.39, 0.29) is 35.5 Å². The number of nitrogens with one attached hydrogen (secondary N) is 1. The Labute approximate surface area is 241 Å². The Hall–Kier alpha value is -5.39. The number of nitro groups is 1. The van der Waals surface area contributed by atoms with Crippen molar-refractivity contribution in [1.29, 1.82) is 0 Å². The van der Waals surface area contributed by atoms with Crippen LogP contribution in [0.3, 0.4) is 0 Å². The highest BCUT2D eigenvalue weighted by Crippen LogP contribution is 2.30. The van der Waals surface area contributed by atoms with Crippen molar-refractivity contribution in [3.05, 3.63) is 105 Å². The number of aryl methyl sites for hydroxylation is 2. The number of benzene rings is 2. The molecule has 2 aromatic carbocycles. The summed E-state index contributed by atoms with van der Waals surface area (Å²) in [5.41, 5.74) is 5.40. The Morgan fingerprint density at radius 2 is 1.74 bits per heavy atom. The van der Waals surface area contributed by atoms with Crippen molar-refractivity contribution in [2.24, 2.45) is 5.10 Å². The average molecular weight is 575 g/mol. The molecule has 218 valence electrons. The van der Waals surface area contributed by atoms with Gasteiger partial charge in [-0.15, -0.1) is 0 Å². The second-order valence-corrected chi connectivity index (χ2v) is 9.48. The SMILES string of the molecule is Cc1ccc(C)n1-c1ccc(OCc2ccc(C(=O)N/N=C/c3cccc([N+](=O)[O-])c3OCC(=O)OC(C)C)o2)cc1. The number of ether oxygens (including phenoxy) is 3. The largest absolute Gasteiger partial charge is 0.486 e. The summed E-state index contributed by atoms with van der Waals surface area (Å²) in [7, 11) is 0. The number of aromatic nitrogens is 1. The zero-order valence-electron chi connectivity index (χ0n) is 23.5. The molecule has 1 N–H and O–H groups in total. The van der Waals surface area contributed by atoms with Gasteiger partial charge in [-0.05, 0) is 82.3 Å². The topological polar surface area (TPSA) is 147 Å². The highest BCUT2D eigenvalue weighted by Gasteiger charge is 2.20. The molecule has 0 aliphatic rings. The molecule has 4 rings (SSSR count). The van der Waals surface area contributed by atoms with Crippen LogP contribution in [0.1, 0.15) is 47.1 Å². The van der Waals surface area contributed by atoms with E-state index >= 15 is 0 Å². The molecule has 12 heteroatoms. The minimum atomic E-state index is -0.684. The van der Waals surface area contributed by atoms with Crippen LogP contribution in [0.2, 0.25) is 0 Å². The van der Waals surface area contributed by atoms with Gasteiger partial charge in [0.15, 0.2) is 12.4 Å². The molecule has 0 fully saturated rings. The number of carbonyl (C=O) groups excluding carboxylic acids is 2. The fourth-order valence-corrected chi connectivity index (χ4v) is 4.09. The number of hydrogen-bond donors (Lipinski definition) is 1. The van der Waals surface area contributed by atoms with Crippen LogP contribution < -0.4 is 14.9 Å². The second kappa shape index (κ2) is 13.3. The smallest absolute Gasteiger partial charge is 0.344 e. The van der Waals surface area contributed by atoms with E-state index in [2.05, 4.69) is 27.2 Å². The summed E-state index contributed by atoms with van der Waals surface area (Å²) >= 11 is 0. The molecule has 2 aromatic heterocycles. The van der Waals surface area contributed by atoms with Crippen molar-refractivity contribution < 1.29 is 33.1 Å². The molecule has 0 atom stereocenters. The molecule has 42 heavy (non-hydrogen) atoms. The monoisotopic (exact) mass is 574 g/mol. The number of rotatable bonds is 12. The summed E-state index contributed by atoms with van der Waals surface area (Å²) in [5.74, 6) is -0.464. The van der Waals surface area contributed by atoms with E-state index in [9.17, 15) is 19.7 Å². The Bertz CT molecular complexity index is 1580. The summed E-state index contributed by atoms with van der Waals surface area (Å²) in [4.78, 5) is 35.2. The first-order valence-electron chi connectivity index (χ1n) is 13.0.